The second-order valence-electron chi connectivity index (χ2n) is 3.04. The fourth-order valence-electron chi connectivity index (χ4n) is 1.43. The molecule has 2 aromatic heterocycles. The predicted octanol–water partition coefficient (Wildman–Crippen LogP) is 3.00. The molecule has 0 aliphatic heterocycles. The molecule has 3 nitrogen and oxygen atoms in total. The van der Waals surface area contributed by atoms with E-state index in [4.69, 9.17) is 17.3 Å². The monoisotopic (exact) mass is 239 g/mol. The van der Waals surface area contributed by atoms with Gasteiger partial charge in [0.15, 0.2) is 0 Å². The van der Waals surface area contributed by atoms with Gasteiger partial charge in [-0.15, -0.1) is 11.3 Å². The van der Waals surface area contributed by atoms with E-state index < -0.39 is 0 Å². The molecular weight excluding hydrogens is 230 g/mol. The molecule has 0 aliphatic rings. The van der Waals surface area contributed by atoms with E-state index in [1.165, 1.54) is 6.33 Å². The van der Waals surface area contributed by atoms with Gasteiger partial charge < -0.3 is 5.73 Å². The topological polar surface area (TPSA) is 51.8 Å². The Labute approximate surface area is 96.9 Å². The molecule has 0 spiro atoms. The van der Waals surface area contributed by atoms with Crippen molar-refractivity contribution in [1.29, 1.82) is 0 Å². The summed E-state index contributed by atoms with van der Waals surface area (Å²) in [5, 5.41) is 2.66. The minimum atomic E-state index is 0.534. The van der Waals surface area contributed by atoms with E-state index in [1.807, 2.05) is 18.4 Å². The summed E-state index contributed by atoms with van der Waals surface area (Å²) in [6.07, 6.45) is 2.27. The second kappa shape index (κ2) is 4.16. The molecule has 0 bridgehead atoms. The molecule has 0 unspecified atom stereocenters. The minimum Gasteiger partial charge on any atom is -0.383 e. The summed E-state index contributed by atoms with van der Waals surface area (Å²) < 4.78 is 0. The van der Waals surface area contributed by atoms with Gasteiger partial charge in [-0.1, -0.05) is 18.5 Å². The number of rotatable bonds is 2. The van der Waals surface area contributed by atoms with E-state index in [2.05, 4.69) is 9.97 Å². The molecule has 0 aromatic carbocycles. The van der Waals surface area contributed by atoms with Gasteiger partial charge in [-0.3, -0.25) is 0 Å². The van der Waals surface area contributed by atoms with Crippen LogP contribution in [0.5, 0.6) is 0 Å². The molecule has 2 rings (SSSR count). The summed E-state index contributed by atoms with van der Waals surface area (Å²) >= 11 is 7.63. The number of nitrogen functional groups attached to an aromatic ring is 1. The number of aromatic nitrogens is 2. The molecule has 5 heteroatoms. The first-order chi connectivity index (χ1) is 7.24. The van der Waals surface area contributed by atoms with Crippen LogP contribution in [0.4, 0.5) is 5.82 Å². The SMILES string of the molecule is CCc1c(N)ncnc1-c1sccc1Cl. The zero-order valence-electron chi connectivity index (χ0n) is 8.20. The lowest BCUT2D eigenvalue weighted by Crippen LogP contribution is -2.00. The fraction of sp³-hybridized carbons (Fsp3) is 0.200. The van der Waals surface area contributed by atoms with Crippen LogP contribution >= 0.6 is 22.9 Å². The molecule has 0 amide bonds. The maximum atomic E-state index is 6.06. The van der Waals surface area contributed by atoms with Crippen LogP contribution in [0.25, 0.3) is 10.6 Å². The standard InChI is InChI=1S/C10H10ClN3S/c1-2-6-8(13-5-14-10(6)12)9-7(11)3-4-15-9/h3-5H,2H2,1H3,(H2,12,13,14). The van der Waals surface area contributed by atoms with Gasteiger partial charge in [-0.05, 0) is 17.9 Å². The summed E-state index contributed by atoms with van der Waals surface area (Å²) in [7, 11) is 0. The first kappa shape index (κ1) is 10.4. The van der Waals surface area contributed by atoms with E-state index in [0.29, 0.717) is 10.8 Å². The van der Waals surface area contributed by atoms with Crippen molar-refractivity contribution in [3.8, 4) is 10.6 Å². The van der Waals surface area contributed by atoms with Gasteiger partial charge in [0.2, 0.25) is 0 Å². The Morgan fingerprint density at radius 2 is 2.27 bits per heavy atom. The molecule has 15 heavy (non-hydrogen) atoms. The molecule has 0 radical (unpaired) electrons. The van der Waals surface area contributed by atoms with Crippen molar-refractivity contribution in [2.45, 2.75) is 13.3 Å². The Morgan fingerprint density at radius 3 is 2.87 bits per heavy atom. The van der Waals surface area contributed by atoms with E-state index in [-0.39, 0.29) is 0 Å². The number of thiophene rings is 1. The van der Waals surface area contributed by atoms with Crippen molar-refractivity contribution in [3.05, 3.63) is 28.4 Å². The van der Waals surface area contributed by atoms with Crippen LogP contribution in [0, 0.1) is 0 Å². The van der Waals surface area contributed by atoms with Crippen LogP contribution in [-0.4, -0.2) is 9.97 Å². The number of hydrogen-bond donors (Lipinski definition) is 1. The van der Waals surface area contributed by atoms with Gasteiger partial charge in [0, 0.05) is 5.56 Å². The lowest BCUT2D eigenvalue weighted by molar-refractivity contribution is 1.06. The normalized spacial score (nSPS) is 10.5. The van der Waals surface area contributed by atoms with Gasteiger partial charge in [-0.2, -0.15) is 0 Å². The predicted molar refractivity (Wildman–Crippen MR) is 64.1 cm³/mol. The average Bonchev–Trinajstić information content (AvgIpc) is 2.64. The fourth-order valence-corrected chi connectivity index (χ4v) is 2.60. The van der Waals surface area contributed by atoms with Crippen molar-refractivity contribution < 1.29 is 0 Å². The quantitative estimate of drug-likeness (QED) is 0.877. The molecule has 0 atom stereocenters. The van der Waals surface area contributed by atoms with Crippen LogP contribution < -0.4 is 5.73 Å². The molecule has 0 saturated heterocycles. The summed E-state index contributed by atoms with van der Waals surface area (Å²) in [4.78, 5) is 9.19. The van der Waals surface area contributed by atoms with Crippen molar-refractivity contribution in [1.82, 2.24) is 9.97 Å². The first-order valence-corrected chi connectivity index (χ1v) is 5.82. The Balaban J connectivity index is 2.63. The van der Waals surface area contributed by atoms with Gasteiger partial charge in [0.1, 0.15) is 12.1 Å². The number of nitrogens with zero attached hydrogens (tertiary/aromatic N) is 2. The molecule has 78 valence electrons. The van der Waals surface area contributed by atoms with Gasteiger partial charge >= 0.3 is 0 Å². The highest BCUT2D eigenvalue weighted by Gasteiger charge is 2.13. The number of anilines is 1. The molecule has 0 saturated carbocycles. The second-order valence-corrected chi connectivity index (χ2v) is 4.36. The van der Waals surface area contributed by atoms with Gasteiger partial charge in [0.25, 0.3) is 0 Å². The van der Waals surface area contributed by atoms with Crippen LogP contribution in [0.1, 0.15) is 12.5 Å². The van der Waals surface area contributed by atoms with E-state index in [1.54, 1.807) is 11.3 Å². The highest BCUT2D eigenvalue weighted by molar-refractivity contribution is 7.14. The third-order valence-electron chi connectivity index (χ3n) is 2.16. The Kier molecular flexibility index (Phi) is 2.88. The van der Waals surface area contributed by atoms with Crippen LogP contribution in [0.15, 0.2) is 17.8 Å². The van der Waals surface area contributed by atoms with E-state index in [0.717, 1.165) is 22.6 Å². The van der Waals surface area contributed by atoms with Gasteiger partial charge in [0.05, 0.1) is 15.6 Å². The molecular formula is C10H10ClN3S. The summed E-state index contributed by atoms with van der Waals surface area (Å²) in [5.74, 6) is 0.534. The molecule has 2 N–H and O–H groups in total. The van der Waals surface area contributed by atoms with Crippen molar-refractivity contribution in [2.24, 2.45) is 0 Å². The van der Waals surface area contributed by atoms with Crippen LogP contribution in [0.2, 0.25) is 5.02 Å². The van der Waals surface area contributed by atoms with E-state index in [9.17, 15) is 0 Å². The van der Waals surface area contributed by atoms with Crippen LogP contribution in [-0.2, 0) is 6.42 Å². The Bertz CT molecular complexity index is 481. The Hall–Kier alpha value is -1.13. The first-order valence-electron chi connectivity index (χ1n) is 4.56. The smallest absolute Gasteiger partial charge is 0.130 e. The zero-order chi connectivity index (χ0) is 10.8. The maximum absolute atomic E-state index is 6.06. The lowest BCUT2D eigenvalue weighted by Gasteiger charge is -2.06. The minimum absolute atomic E-state index is 0.534. The largest absolute Gasteiger partial charge is 0.383 e. The van der Waals surface area contributed by atoms with Crippen molar-refractivity contribution >= 4 is 28.8 Å². The maximum Gasteiger partial charge on any atom is 0.130 e. The van der Waals surface area contributed by atoms with Crippen molar-refractivity contribution in [3.63, 3.8) is 0 Å². The zero-order valence-corrected chi connectivity index (χ0v) is 9.77. The highest BCUT2D eigenvalue weighted by atomic mass is 35.5. The van der Waals surface area contributed by atoms with Gasteiger partial charge in [-0.25, -0.2) is 9.97 Å². The molecule has 0 aliphatic carbocycles. The summed E-state index contributed by atoms with van der Waals surface area (Å²) in [6.45, 7) is 2.03. The average molecular weight is 240 g/mol. The third-order valence-corrected chi connectivity index (χ3v) is 3.51. The summed E-state index contributed by atoms with van der Waals surface area (Å²) in [5.41, 5.74) is 7.61. The molecule has 0 fully saturated rings. The number of halogens is 1. The number of nitrogens with two attached hydrogens (primary N) is 1. The highest BCUT2D eigenvalue weighted by Crippen LogP contribution is 2.34. The van der Waals surface area contributed by atoms with E-state index >= 15 is 0 Å². The van der Waals surface area contributed by atoms with Crippen LogP contribution in [0.3, 0.4) is 0 Å². The van der Waals surface area contributed by atoms with Crippen molar-refractivity contribution in [2.75, 3.05) is 5.73 Å². The third kappa shape index (κ3) is 1.82. The number of hydrogen-bond acceptors (Lipinski definition) is 4. The Morgan fingerprint density at radius 1 is 1.47 bits per heavy atom. The molecule has 2 aromatic rings. The lowest BCUT2D eigenvalue weighted by atomic mass is 10.1. The summed E-state index contributed by atoms with van der Waals surface area (Å²) in [6, 6.07) is 1.86. The molecule has 2 heterocycles.